The lowest BCUT2D eigenvalue weighted by molar-refractivity contribution is -0.137. The van der Waals surface area contributed by atoms with E-state index < -0.39 is 12.1 Å². The molecule has 96 valence electrons. The van der Waals surface area contributed by atoms with Gasteiger partial charge in [0.2, 0.25) is 0 Å². The lowest BCUT2D eigenvalue weighted by Crippen LogP contribution is -2.20. The SMILES string of the molecule is O=C(O)CCC(O)CNc1csc2ccccc12. The lowest BCUT2D eigenvalue weighted by Gasteiger charge is -2.11. The number of aliphatic hydroxyl groups is 1. The summed E-state index contributed by atoms with van der Waals surface area (Å²) in [4.78, 5) is 10.4. The molecule has 1 aromatic carbocycles. The van der Waals surface area contributed by atoms with E-state index in [1.807, 2.05) is 29.6 Å². The van der Waals surface area contributed by atoms with Crippen molar-refractivity contribution in [3.05, 3.63) is 29.6 Å². The van der Waals surface area contributed by atoms with Gasteiger partial charge < -0.3 is 15.5 Å². The van der Waals surface area contributed by atoms with Crippen molar-refractivity contribution in [2.24, 2.45) is 0 Å². The summed E-state index contributed by atoms with van der Waals surface area (Å²) in [7, 11) is 0. The van der Waals surface area contributed by atoms with Gasteiger partial charge in [-0.15, -0.1) is 11.3 Å². The molecule has 1 atom stereocenters. The number of nitrogens with one attached hydrogen (secondary N) is 1. The standard InChI is InChI=1S/C13H15NO3S/c15-9(5-6-13(16)17)7-14-11-8-18-12-4-2-1-3-10(11)12/h1-4,8-9,14-15H,5-7H2,(H,16,17). The van der Waals surface area contributed by atoms with Gasteiger partial charge in [-0.25, -0.2) is 0 Å². The number of carbonyl (C=O) groups is 1. The molecule has 4 nitrogen and oxygen atoms in total. The minimum atomic E-state index is -0.880. The molecule has 2 aromatic rings. The number of hydrogen-bond donors (Lipinski definition) is 3. The summed E-state index contributed by atoms with van der Waals surface area (Å²) in [5, 5.41) is 24.5. The minimum Gasteiger partial charge on any atom is -0.481 e. The van der Waals surface area contributed by atoms with E-state index in [-0.39, 0.29) is 12.8 Å². The lowest BCUT2D eigenvalue weighted by atomic mass is 10.2. The first-order valence-corrected chi connectivity index (χ1v) is 6.65. The van der Waals surface area contributed by atoms with Gasteiger partial charge in [0.15, 0.2) is 0 Å². The van der Waals surface area contributed by atoms with Crippen LogP contribution in [0.15, 0.2) is 29.6 Å². The van der Waals surface area contributed by atoms with Crippen LogP contribution in [0.3, 0.4) is 0 Å². The zero-order valence-corrected chi connectivity index (χ0v) is 10.6. The predicted molar refractivity (Wildman–Crippen MR) is 73.2 cm³/mol. The van der Waals surface area contributed by atoms with Crippen LogP contribution in [0.4, 0.5) is 5.69 Å². The van der Waals surface area contributed by atoms with Crippen LogP contribution >= 0.6 is 11.3 Å². The van der Waals surface area contributed by atoms with Gasteiger partial charge in [0.05, 0.1) is 11.8 Å². The Morgan fingerprint density at radius 3 is 2.94 bits per heavy atom. The maximum atomic E-state index is 10.4. The molecule has 2 rings (SSSR count). The number of fused-ring (bicyclic) bond motifs is 1. The van der Waals surface area contributed by atoms with Crippen LogP contribution < -0.4 is 5.32 Å². The van der Waals surface area contributed by atoms with E-state index in [1.165, 1.54) is 4.70 Å². The van der Waals surface area contributed by atoms with E-state index in [0.29, 0.717) is 6.54 Å². The maximum absolute atomic E-state index is 10.4. The van der Waals surface area contributed by atoms with Crippen LogP contribution in [0.1, 0.15) is 12.8 Å². The minimum absolute atomic E-state index is 0.00672. The van der Waals surface area contributed by atoms with E-state index in [0.717, 1.165) is 11.1 Å². The molecule has 5 heteroatoms. The average molecular weight is 265 g/mol. The Labute approximate surface area is 109 Å². The molecule has 1 heterocycles. The van der Waals surface area contributed by atoms with Gasteiger partial charge in [-0.2, -0.15) is 0 Å². The average Bonchev–Trinajstić information content (AvgIpc) is 2.77. The van der Waals surface area contributed by atoms with Crippen molar-refractivity contribution in [2.45, 2.75) is 18.9 Å². The molecule has 0 aliphatic rings. The number of carboxylic acid groups (broad SMARTS) is 1. The molecule has 0 spiro atoms. The number of carboxylic acids is 1. The van der Waals surface area contributed by atoms with Gasteiger partial charge in [-0.3, -0.25) is 4.79 Å². The number of aliphatic hydroxyl groups excluding tert-OH is 1. The first kappa shape index (κ1) is 12.9. The third-order valence-corrected chi connectivity index (χ3v) is 3.66. The Balaban J connectivity index is 1.92. The fourth-order valence-corrected chi connectivity index (χ4v) is 2.65. The van der Waals surface area contributed by atoms with Crippen molar-refractivity contribution in [3.63, 3.8) is 0 Å². The number of aliphatic carboxylic acids is 1. The monoisotopic (exact) mass is 265 g/mol. The van der Waals surface area contributed by atoms with E-state index in [4.69, 9.17) is 5.11 Å². The van der Waals surface area contributed by atoms with E-state index in [1.54, 1.807) is 11.3 Å². The molecule has 18 heavy (non-hydrogen) atoms. The number of rotatable bonds is 6. The Morgan fingerprint density at radius 2 is 2.17 bits per heavy atom. The van der Waals surface area contributed by atoms with Gasteiger partial charge in [0, 0.05) is 28.4 Å². The molecule has 0 bridgehead atoms. The highest BCUT2D eigenvalue weighted by atomic mass is 32.1. The van der Waals surface area contributed by atoms with Crippen LogP contribution in [-0.4, -0.2) is 28.8 Å². The molecule has 0 fully saturated rings. The van der Waals surface area contributed by atoms with Crippen molar-refractivity contribution >= 4 is 33.1 Å². The number of thiophene rings is 1. The molecular formula is C13H15NO3S. The second kappa shape index (κ2) is 5.84. The molecule has 0 amide bonds. The van der Waals surface area contributed by atoms with Crippen molar-refractivity contribution < 1.29 is 15.0 Å². The van der Waals surface area contributed by atoms with E-state index >= 15 is 0 Å². The van der Waals surface area contributed by atoms with Crippen LogP contribution in [0, 0.1) is 0 Å². The Kier molecular flexibility index (Phi) is 4.17. The fraction of sp³-hybridized carbons (Fsp3) is 0.308. The van der Waals surface area contributed by atoms with Crippen molar-refractivity contribution in [2.75, 3.05) is 11.9 Å². The third kappa shape index (κ3) is 3.21. The van der Waals surface area contributed by atoms with Gasteiger partial charge in [0.25, 0.3) is 0 Å². The molecule has 0 saturated heterocycles. The highest BCUT2D eigenvalue weighted by Gasteiger charge is 2.08. The van der Waals surface area contributed by atoms with Crippen LogP contribution in [0.2, 0.25) is 0 Å². The van der Waals surface area contributed by atoms with Crippen LogP contribution in [0.5, 0.6) is 0 Å². The number of hydrogen-bond acceptors (Lipinski definition) is 4. The Morgan fingerprint density at radius 1 is 1.39 bits per heavy atom. The fourth-order valence-electron chi connectivity index (χ4n) is 1.73. The third-order valence-electron chi connectivity index (χ3n) is 2.70. The van der Waals surface area contributed by atoms with Crippen molar-refractivity contribution in [1.82, 2.24) is 0 Å². The normalized spacial score (nSPS) is 12.5. The smallest absolute Gasteiger partial charge is 0.303 e. The van der Waals surface area contributed by atoms with Gasteiger partial charge in [0.1, 0.15) is 0 Å². The zero-order chi connectivity index (χ0) is 13.0. The van der Waals surface area contributed by atoms with E-state index in [9.17, 15) is 9.90 Å². The van der Waals surface area contributed by atoms with Crippen LogP contribution in [0.25, 0.3) is 10.1 Å². The number of anilines is 1. The molecule has 0 aliphatic carbocycles. The first-order chi connectivity index (χ1) is 8.66. The summed E-state index contributed by atoms with van der Waals surface area (Å²) < 4.78 is 1.19. The van der Waals surface area contributed by atoms with Crippen molar-refractivity contribution in [1.29, 1.82) is 0 Å². The second-order valence-corrected chi connectivity index (χ2v) is 5.02. The second-order valence-electron chi connectivity index (χ2n) is 4.11. The number of benzene rings is 1. The molecule has 0 radical (unpaired) electrons. The summed E-state index contributed by atoms with van der Waals surface area (Å²) in [6, 6.07) is 8.04. The largest absolute Gasteiger partial charge is 0.481 e. The van der Waals surface area contributed by atoms with Gasteiger partial charge in [-0.1, -0.05) is 18.2 Å². The van der Waals surface area contributed by atoms with Crippen molar-refractivity contribution in [3.8, 4) is 0 Å². The Hall–Kier alpha value is -1.59. The highest BCUT2D eigenvalue weighted by molar-refractivity contribution is 7.17. The Bertz CT molecular complexity index is 538. The topological polar surface area (TPSA) is 69.6 Å². The van der Waals surface area contributed by atoms with E-state index in [2.05, 4.69) is 5.32 Å². The summed E-state index contributed by atoms with van der Waals surface area (Å²) >= 11 is 1.65. The quantitative estimate of drug-likeness (QED) is 0.750. The zero-order valence-electron chi connectivity index (χ0n) is 9.80. The summed E-state index contributed by atoms with van der Waals surface area (Å²) in [6.07, 6.45) is -0.378. The highest BCUT2D eigenvalue weighted by Crippen LogP contribution is 2.29. The molecular weight excluding hydrogens is 250 g/mol. The maximum Gasteiger partial charge on any atom is 0.303 e. The van der Waals surface area contributed by atoms with Crippen LogP contribution in [-0.2, 0) is 4.79 Å². The summed E-state index contributed by atoms with van der Waals surface area (Å²) in [6.45, 7) is 0.369. The molecule has 1 aromatic heterocycles. The predicted octanol–water partition coefficient (Wildman–Crippen LogP) is 2.54. The molecule has 0 aliphatic heterocycles. The summed E-state index contributed by atoms with van der Waals surface area (Å²) in [5.41, 5.74) is 0.991. The van der Waals surface area contributed by atoms with Gasteiger partial charge >= 0.3 is 5.97 Å². The summed E-state index contributed by atoms with van der Waals surface area (Å²) in [5.74, 6) is -0.880. The molecule has 3 N–H and O–H groups in total. The van der Waals surface area contributed by atoms with Gasteiger partial charge in [-0.05, 0) is 12.5 Å². The molecule has 0 saturated carbocycles. The first-order valence-electron chi connectivity index (χ1n) is 5.77. The molecule has 1 unspecified atom stereocenters.